The third-order valence-electron chi connectivity index (χ3n) is 4.02. The Kier molecular flexibility index (Phi) is 7.32. The topological polar surface area (TPSA) is 77.0 Å². The van der Waals surface area contributed by atoms with Crippen molar-refractivity contribution in [2.45, 2.75) is 18.4 Å². The van der Waals surface area contributed by atoms with Gasteiger partial charge in [-0.15, -0.1) is 0 Å². The number of nitrogens with zero attached hydrogens (tertiary/aromatic N) is 1. The molecule has 156 valence electrons. The Bertz CT molecular complexity index is 1100. The van der Waals surface area contributed by atoms with E-state index in [1.165, 1.54) is 30.5 Å². The smallest absolute Gasteiger partial charge is 0.276 e. The summed E-state index contributed by atoms with van der Waals surface area (Å²) in [5, 5.41) is 4.30. The van der Waals surface area contributed by atoms with E-state index in [4.69, 9.17) is 21.1 Å². The molecule has 3 rings (SSSR count). The van der Waals surface area contributed by atoms with E-state index in [-0.39, 0.29) is 4.90 Å². The fourth-order valence-corrected chi connectivity index (χ4v) is 3.48. The Morgan fingerprint density at radius 1 is 0.967 bits per heavy atom. The number of halogens is 1. The number of ether oxygens (including phenoxy) is 2. The monoisotopic (exact) mass is 444 g/mol. The average Bonchev–Trinajstić information content (AvgIpc) is 2.74. The number of hydrogen-bond donors (Lipinski definition) is 1. The normalized spacial score (nSPS) is 11.4. The molecule has 0 spiro atoms. The van der Waals surface area contributed by atoms with E-state index in [1.54, 1.807) is 18.2 Å². The molecule has 3 aromatic rings. The summed E-state index contributed by atoms with van der Waals surface area (Å²) in [5.41, 5.74) is 1.70. The van der Waals surface area contributed by atoms with Crippen LogP contribution in [0.3, 0.4) is 0 Å². The summed E-state index contributed by atoms with van der Waals surface area (Å²) < 4.78 is 36.1. The van der Waals surface area contributed by atoms with E-state index in [2.05, 4.69) is 9.93 Å². The van der Waals surface area contributed by atoms with Crippen LogP contribution in [0.15, 0.2) is 82.8 Å². The van der Waals surface area contributed by atoms with Gasteiger partial charge in [0, 0.05) is 5.02 Å². The van der Waals surface area contributed by atoms with Crippen LogP contribution in [0.2, 0.25) is 5.02 Å². The molecule has 8 heteroatoms. The van der Waals surface area contributed by atoms with Crippen molar-refractivity contribution >= 4 is 27.8 Å². The number of rotatable bonds is 9. The van der Waals surface area contributed by atoms with Crippen molar-refractivity contribution in [3.05, 3.63) is 88.9 Å². The molecule has 0 aromatic heterocycles. The van der Waals surface area contributed by atoms with Crippen molar-refractivity contribution in [3.8, 4) is 11.5 Å². The van der Waals surface area contributed by atoms with Gasteiger partial charge >= 0.3 is 0 Å². The van der Waals surface area contributed by atoms with Crippen LogP contribution in [-0.2, 0) is 16.6 Å². The van der Waals surface area contributed by atoms with Crippen LogP contribution >= 0.6 is 11.6 Å². The fraction of sp³-hybridized carbons (Fsp3) is 0.136. The van der Waals surface area contributed by atoms with Gasteiger partial charge in [-0.25, -0.2) is 4.83 Å². The highest BCUT2D eigenvalue weighted by Gasteiger charge is 2.12. The summed E-state index contributed by atoms with van der Waals surface area (Å²) in [6.07, 6.45) is 1.40. The summed E-state index contributed by atoms with van der Waals surface area (Å²) in [4.78, 5) is 2.26. The van der Waals surface area contributed by atoms with Gasteiger partial charge in [-0.1, -0.05) is 41.9 Å². The van der Waals surface area contributed by atoms with Crippen molar-refractivity contribution in [3.63, 3.8) is 0 Å². The molecule has 1 N–H and O–H groups in total. The van der Waals surface area contributed by atoms with Gasteiger partial charge < -0.3 is 9.47 Å². The van der Waals surface area contributed by atoms with E-state index in [1.807, 2.05) is 37.3 Å². The van der Waals surface area contributed by atoms with Crippen molar-refractivity contribution in [1.29, 1.82) is 0 Å². The average molecular weight is 445 g/mol. The zero-order valence-electron chi connectivity index (χ0n) is 16.3. The first kappa shape index (κ1) is 21.7. The van der Waals surface area contributed by atoms with Crippen LogP contribution in [-0.4, -0.2) is 21.2 Å². The second-order valence-electron chi connectivity index (χ2n) is 6.22. The fourth-order valence-electron chi connectivity index (χ4n) is 2.56. The first-order valence-corrected chi connectivity index (χ1v) is 11.1. The molecule has 6 nitrogen and oxygen atoms in total. The lowest BCUT2D eigenvalue weighted by atomic mass is 10.2. The second kappa shape index (κ2) is 10.1. The molecular formula is C22H21ClN2O4S. The molecule has 0 radical (unpaired) electrons. The summed E-state index contributed by atoms with van der Waals surface area (Å²) in [6, 6.07) is 20.9. The van der Waals surface area contributed by atoms with Crippen LogP contribution < -0.4 is 14.3 Å². The Labute approximate surface area is 181 Å². The number of hydrogen-bond acceptors (Lipinski definition) is 5. The number of hydrazone groups is 1. The van der Waals surface area contributed by atoms with Crippen molar-refractivity contribution in [2.75, 3.05) is 6.61 Å². The van der Waals surface area contributed by atoms with Crippen LogP contribution in [0.1, 0.15) is 18.1 Å². The Balaban J connectivity index is 1.69. The zero-order valence-corrected chi connectivity index (χ0v) is 17.9. The lowest BCUT2D eigenvalue weighted by molar-refractivity contribution is 0.269. The van der Waals surface area contributed by atoms with E-state index in [9.17, 15) is 8.42 Å². The van der Waals surface area contributed by atoms with Gasteiger partial charge in [-0.05, 0) is 60.5 Å². The third-order valence-corrected chi connectivity index (χ3v) is 5.51. The molecule has 0 saturated carbocycles. The molecular weight excluding hydrogens is 424 g/mol. The molecule has 0 aliphatic carbocycles. The maximum Gasteiger partial charge on any atom is 0.276 e. The van der Waals surface area contributed by atoms with Crippen molar-refractivity contribution < 1.29 is 17.9 Å². The van der Waals surface area contributed by atoms with Crippen LogP contribution in [0, 0.1) is 0 Å². The molecule has 0 aliphatic heterocycles. The second-order valence-corrected chi connectivity index (χ2v) is 8.32. The van der Waals surface area contributed by atoms with E-state index in [0.717, 1.165) is 5.56 Å². The van der Waals surface area contributed by atoms with Crippen LogP contribution in [0.5, 0.6) is 11.5 Å². The molecule has 30 heavy (non-hydrogen) atoms. The standard InChI is InChI=1S/C22H21ClN2O4S/c1-2-28-22-14-18(8-13-21(22)29-16-17-6-4-3-5-7-17)15-24-25-30(26,27)20-11-9-19(23)10-12-20/h3-15,25H,2,16H2,1H3/b24-15+. The highest BCUT2D eigenvalue weighted by atomic mass is 35.5. The minimum atomic E-state index is -3.78. The van der Waals surface area contributed by atoms with Gasteiger partial charge in [0.1, 0.15) is 6.61 Å². The van der Waals surface area contributed by atoms with Gasteiger partial charge in [-0.2, -0.15) is 13.5 Å². The Morgan fingerprint density at radius 2 is 1.70 bits per heavy atom. The highest BCUT2D eigenvalue weighted by Crippen LogP contribution is 2.29. The first-order valence-electron chi connectivity index (χ1n) is 9.22. The number of sulfonamides is 1. The summed E-state index contributed by atoms with van der Waals surface area (Å²) >= 11 is 5.79. The zero-order chi connectivity index (χ0) is 21.4. The molecule has 0 unspecified atom stereocenters. The van der Waals surface area contributed by atoms with Gasteiger partial charge in [-0.3, -0.25) is 0 Å². The molecule has 0 saturated heterocycles. The summed E-state index contributed by atoms with van der Waals surface area (Å²) in [6.45, 7) is 2.75. The van der Waals surface area contributed by atoms with Gasteiger partial charge in [0.2, 0.25) is 0 Å². The molecule has 0 bridgehead atoms. The molecule has 3 aromatic carbocycles. The van der Waals surface area contributed by atoms with E-state index in [0.29, 0.717) is 35.3 Å². The lowest BCUT2D eigenvalue weighted by Gasteiger charge is -2.12. The summed E-state index contributed by atoms with van der Waals surface area (Å²) in [7, 11) is -3.78. The largest absolute Gasteiger partial charge is 0.490 e. The number of benzene rings is 3. The number of nitrogens with one attached hydrogen (secondary N) is 1. The van der Waals surface area contributed by atoms with Gasteiger partial charge in [0.05, 0.1) is 17.7 Å². The quantitative estimate of drug-likeness (QED) is 0.385. The Hall–Kier alpha value is -3.03. The van der Waals surface area contributed by atoms with Crippen LogP contribution in [0.25, 0.3) is 0 Å². The molecule has 0 heterocycles. The minimum absolute atomic E-state index is 0.0729. The van der Waals surface area contributed by atoms with Crippen molar-refractivity contribution in [2.24, 2.45) is 5.10 Å². The predicted molar refractivity (Wildman–Crippen MR) is 118 cm³/mol. The predicted octanol–water partition coefficient (Wildman–Crippen LogP) is 4.63. The lowest BCUT2D eigenvalue weighted by Crippen LogP contribution is -2.18. The maximum absolute atomic E-state index is 12.3. The van der Waals surface area contributed by atoms with Crippen molar-refractivity contribution in [1.82, 2.24) is 4.83 Å². The van der Waals surface area contributed by atoms with E-state index >= 15 is 0 Å². The third kappa shape index (κ3) is 5.98. The Morgan fingerprint density at radius 3 is 2.40 bits per heavy atom. The van der Waals surface area contributed by atoms with Crippen LogP contribution in [0.4, 0.5) is 0 Å². The van der Waals surface area contributed by atoms with Gasteiger partial charge in [0.15, 0.2) is 11.5 Å². The maximum atomic E-state index is 12.3. The minimum Gasteiger partial charge on any atom is -0.490 e. The molecule has 0 fully saturated rings. The molecule has 0 atom stereocenters. The first-order chi connectivity index (χ1) is 14.5. The highest BCUT2D eigenvalue weighted by molar-refractivity contribution is 7.89. The SMILES string of the molecule is CCOc1cc(/C=N/NS(=O)(=O)c2ccc(Cl)cc2)ccc1OCc1ccccc1. The van der Waals surface area contributed by atoms with Gasteiger partial charge in [0.25, 0.3) is 10.0 Å². The summed E-state index contributed by atoms with van der Waals surface area (Å²) in [5.74, 6) is 1.15. The van der Waals surface area contributed by atoms with E-state index < -0.39 is 10.0 Å². The molecule has 0 amide bonds. The molecule has 0 aliphatic rings.